The Labute approximate surface area is 200 Å². The summed E-state index contributed by atoms with van der Waals surface area (Å²) in [5.41, 5.74) is 4.46. The summed E-state index contributed by atoms with van der Waals surface area (Å²) in [4.78, 5) is 38.8. The van der Waals surface area contributed by atoms with Crippen molar-refractivity contribution >= 4 is 18.0 Å². The molecule has 0 radical (unpaired) electrons. The minimum Gasteiger partial charge on any atom is -0.480 e. The Kier molecular flexibility index (Phi) is 8.65. The highest BCUT2D eigenvalue weighted by Crippen LogP contribution is 2.44. The van der Waals surface area contributed by atoms with Crippen LogP contribution in [0.4, 0.5) is 4.79 Å². The summed E-state index contributed by atoms with van der Waals surface area (Å²) in [6.07, 6.45) is 0.538. The maximum Gasteiger partial charge on any atom is 0.407 e. The second kappa shape index (κ2) is 11.7. The van der Waals surface area contributed by atoms with E-state index >= 15 is 0 Å². The third-order valence-corrected chi connectivity index (χ3v) is 6.01. The first-order valence-electron chi connectivity index (χ1n) is 11.6. The van der Waals surface area contributed by atoms with Crippen LogP contribution in [0.25, 0.3) is 11.1 Å². The van der Waals surface area contributed by atoms with Crippen LogP contribution in [0, 0.1) is 0 Å². The number of carboxylic acid groups (broad SMARTS) is 1. The molecule has 0 aliphatic heterocycles. The fourth-order valence-electron chi connectivity index (χ4n) is 4.26. The predicted molar refractivity (Wildman–Crippen MR) is 130 cm³/mol. The Bertz CT molecular complexity index is 978. The zero-order valence-electron chi connectivity index (χ0n) is 19.9. The molecule has 0 bridgehead atoms. The van der Waals surface area contributed by atoms with Gasteiger partial charge in [-0.05, 0) is 55.7 Å². The number of ether oxygens (including phenoxy) is 1. The smallest absolute Gasteiger partial charge is 0.407 e. The topological polar surface area (TPSA) is 108 Å². The molecule has 0 saturated heterocycles. The molecule has 3 N–H and O–H groups in total. The summed E-state index contributed by atoms with van der Waals surface area (Å²) in [7, 11) is 3.72. The van der Waals surface area contributed by atoms with Crippen LogP contribution in [0.2, 0.25) is 0 Å². The average molecular weight is 468 g/mol. The zero-order chi connectivity index (χ0) is 24.7. The van der Waals surface area contributed by atoms with Crippen molar-refractivity contribution in [1.82, 2.24) is 15.5 Å². The number of benzene rings is 2. The molecule has 2 aromatic rings. The second-order valence-corrected chi connectivity index (χ2v) is 8.80. The summed E-state index contributed by atoms with van der Waals surface area (Å²) in [6, 6.07) is 14.2. The van der Waals surface area contributed by atoms with Gasteiger partial charge in [-0.3, -0.25) is 4.79 Å². The number of fused-ring (bicyclic) bond motifs is 3. The highest BCUT2D eigenvalue weighted by Gasteiger charge is 2.30. The van der Waals surface area contributed by atoms with Crippen molar-refractivity contribution in [1.29, 1.82) is 0 Å². The number of hydrogen-bond acceptors (Lipinski definition) is 5. The summed E-state index contributed by atoms with van der Waals surface area (Å²) in [5.74, 6) is -1.72. The molecule has 34 heavy (non-hydrogen) atoms. The van der Waals surface area contributed by atoms with Gasteiger partial charge < -0.3 is 25.4 Å². The lowest BCUT2D eigenvalue weighted by atomic mass is 9.98. The van der Waals surface area contributed by atoms with Crippen LogP contribution in [0.5, 0.6) is 0 Å². The first kappa shape index (κ1) is 25.2. The average Bonchev–Trinajstić information content (AvgIpc) is 3.13. The standard InChI is InChI=1S/C26H33N3O5/c1-4-9-23(25(31)32)27-24(30)22(14-15-29(2)3)28-26(33)34-16-21-19-12-7-5-10-17(19)18-11-6-8-13-20(18)21/h5-8,10-13,21-23H,4,9,14-16H2,1-3H3,(H,27,30)(H,28,33)(H,31,32)/t22?,23-/m1/s1. The number of alkyl carbamates (subject to hydrolysis) is 1. The van der Waals surface area contributed by atoms with Gasteiger partial charge in [0.1, 0.15) is 18.7 Å². The monoisotopic (exact) mass is 467 g/mol. The maximum atomic E-state index is 12.8. The van der Waals surface area contributed by atoms with Gasteiger partial charge in [-0.15, -0.1) is 0 Å². The maximum absolute atomic E-state index is 12.8. The minimum absolute atomic E-state index is 0.0897. The molecule has 182 valence electrons. The molecule has 3 rings (SSSR count). The van der Waals surface area contributed by atoms with E-state index in [1.165, 1.54) is 0 Å². The number of carbonyl (C=O) groups is 3. The van der Waals surface area contributed by atoms with Gasteiger partial charge in [-0.25, -0.2) is 9.59 Å². The third-order valence-electron chi connectivity index (χ3n) is 6.01. The predicted octanol–water partition coefficient (Wildman–Crippen LogP) is 3.21. The van der Waals surface area contributed by atoms with Crippen molar-refractivity contribution in [3.8, 4) is 11.1 Å². The number of amides is 2. The third kappa shape index (κ3) is 6.14. The molecule has 0 saturated carbocycles. The Balaban J connectivity index is 1.66. The first-order chi connectivity index (χ1) is 16.3. The van der Waals surface area contributed by atoms with Crippen LogP contribution in [0.3, 0.4) is 0 Å². The first-order valence-corrected chi connectivity index (χ1v) is 11.6. The lowest BCUT2D eigenvalue weighted by molar-refractivity contribution is -0.142. The van der Waals surface area contributed by atoms with Gasteiger partial charge in [0.15, 0.2) is 0 Å². The van der Waals surface area contributed by atoms with Crippen LogP contribution >= 0.6 is 0 Å². The molecule has 0 spiro atoms. The van der Waals surface area contributed by atoms with E-state index in [0.717, 1.165) is 22.3 Å². The number of nitrogens with one attached hydrogen (secondary N) is 2. The molecule has 2 atom stereocenters. The van der Waals surface area contributed by atoms with Crippen molar-refractivity contribution in [2.75, 3.05) is 27.2 Å². The number of nitrogens with zero attached hydrogens (tertiary/aromatic N) is 1. The lowest BCUT2D eigenvalue weighted by Gasteiger charge is -2.23. The van der Waals surface area contributed by atoms with Gasteiger partial charge in [0, 0.05) is 5.92 Å². The second-order valence-electron chi connectivity index (χ2n) is 8.80. The normalized spacial score (nSPS) is 14.1. The molecule has 1 aliphatic carbocycles. The highest BCUT2D eigenvalue weighted by molar-refractivity contribution is 5.89. The lowest BCUT2D eigenvalue weighted by Crippen LogP contribution is -2.52. The van der Waals surface area contributed by atoms with Crippen molar-refractivity contribution in [3.05, 3.63) is 59.7 Å². The molecule has 0 heterocycles. The molecule has 0 fully saturated rings. The van der Waals surface area contributed by atoms with E-state index in [4.69, 9.17) is 4.74 Å². The Morgan fingerprint density at radius 3 is 2.06 bits per heavy atom. The molecular weight excluding hydrogens is 434 g/mol. The molecule has 8 heteroatoms. The van der Waals surface area contributed by atoms with Crippen LogP contribution < -0.4 is 10.6 Å². The SMILES string of the molecule is CCC[C@@H](NC(=O)C(CCN(C)C)NC(=O)OCC1c2ccccc2-c2ccccc21)C(=O)O. The molecule has 2 amide bonds. The molecule has 8 nitrogen and oxygen atoms in total. The zero-order valence-corrected chi connectivity index (χ0v) is 19.9. The summed E-state index contributed by atoms with van der Waals surface area (Å²) < 4.78 is 5.57. The summed E-state index contributed by atoms with van der Waals surface area (Å²) in [5, 5.41) is 14.5. The van der Waals surface area contributed by atoms with E-state index in [-0.39, 0.29) is 12.5 Å². The van der Waals surface area contributed by atoms with E-state index in [9.17, 15) is 19.5 Å². The largest absolute Gasteiger partial charge is 0.480 e. The van der Waals surface area contributed by atoms with Crippen LogP contribution in [0.1, 0.15) is 43.2 Å². The molecular formula is C26H33N3O5. The van der Waals surface area contributed by atoms with Crippen LogP contribution in [-0.2, 0) is 14.3 Å². The van der Waals surface area contributed by atoms with Gasteiger partial charge in [-0.1, -0.05) is 61.9 Å². The van der Waals surface area contributed by atoms with Gasteiger partial charge in [0.05, 0.1) is 0 Å². The van der Waals surface area contributed by atoms with E-state index in [1.807, 2.05) is 62.3 Å². The van der Waals surface area contributed by atoms with Crippen LogP contribution in [0.15, 0.2) is 48.5 Å². The number of hydrogen-bond donors (Lipinski definition) is 3. The number of aliphatic carboxylic acids is 1. The van der Waals surface area contributed by atoms with E-state index < -0.39 is 30.1 Å². The van der Waals surface area contributed by atoms with Gasteiger partial charge in [0.2, 0.25) is 5.91 Å². The van der Waals surface area contributed by atoms with Crippen molar-refractivity contribution in [2.45, 2.75) is 44.2 Å². The van der Waals surface area contributed by atoms with E-state index in [0.29, 0.717) is 25.8 Å². The highest BCUT2D eigenvalue weighted by atomic mass is 16.5. The van der Waals surface area contributed by atoms with E-state index in [2.05, 4.69) is 22.8 Å². The van der Waals surface area contributed by atoms with Crippen molar-refractivity contribution < 1.29 is 24.2 Å². The minimum atomic E-state index is -1.09. The number of carboxylic acids is 1. The molecule has 1 aliphatic rings. The van der Waals surface area contributed by atoms with Crippen molar-refractivity contribution in [3.63, 3.8) is 0 Å². The summed E-state index contributed by atoms with van der Waals surface area (Å²) in [6.45, 7) is 2.52. The molecule has 2 aromatic carbocycles. The van der Waals surface area contributed by atoms with Crippen LogP contribution in [-0.4, -0.2) is 67.3 Å². The number of rotatable bonds is 11. The van der Waals surface area contributed by atoms with Crippen molar-refractivity contribution in [2.24, 2.45) is 0 Å². The Hall–Kier alpha value is -3.39. The quantitative estimate of drug-likeness (QED) is 0.468. The Morgan fingerprint density at radius 1 is 0.941 bits per heavy atom. The Morgan fingerprint density at radius 2 is 1.53 bits per heavy atom. The number of carbonyl (C=O) groups excluding carboxylic acids is 2. The summed E-state index contributed by atoms with van der Waals surface area (Å²) >= 11 is 0. The fourth-order valence-corrected chi connectivity index (χ4v) is 4.26. The van der Waals surface area contributed by atoms with Gasteiger partial charge >= 0.3 is 12.1 Å². The fraction of sp³-hybridized carbons (Fsp3) is 0.423. The van der Waals surface area contributed by atoms with Gasteiger partial charge in [0.25, 0.3) is 0 Å². The van der Waals surface area contributed by atoms with E-state index in [1.54, 1.807) is 0 Å². The molecule has 0 aromatic heterocycles. The molecule has 1 unspecified atom stereocenters. The van der Waals surface area contributed by atoms with Gasteiger partial charge in [-0.2, -0.15) is 0 Å².